The van der Waals surface area contributed by atoms with Crippen molar-refractivity contribution in [3.63, 3.8) is 0 Å². The van der Waals surface area contributed by atoms with Crippen LogP contribution >= 0.6 is 0 Å². The number of aliphatic imine (C=N–C) groups is 1. The third kappa shape index (κ3) is 1.78. The van der Waals surface area contributed by atoms with Crippen molar-refractivity contribution in [3.8, 4) is 0 Å². The summed E-state index contributed by atoms with van der Waals surface area (Å²) in [5.41, 5.74) is 0.884. The molecule has 0 radical (unpaired) electrons. The summed E-state index contributed by atoms with van der Waals surface area (Å²) in [6.07, 6.45) is 3.39. The molecular weight excluding hydrogens is 152 g/mol. The highest BCUT2D eigenvalue weighted by Crippen LogP contribution is 2.17. The Kier molecular flexibility index (Phi) is 2.74. The Morgan fingerprint density at radius 1 is 1.58 bits per heavy atom. The molecule has 64 valence electrons. The van der Waals surface area contributed by atoms with E-state index in [9.17, 15) is 0 Å². The van der Waals surface area contributed by atoms with E-state index in [1.54, 1.807) is 19.5 Å². The number of nitrogens with one attached hydrogen (secondary N) is 1. The fourth-order valence-corrected chi connectivity index (χ4v) is 0.855. The zero-order valence-corrected chi connectivity index (χ0v) is 7.50. The van der Waals surface area contributed by atoms with Gasteiger partial charge in [-0.2, -0.15) is 0 Å². The topological polar surface area (TPSA) is 50.2 Å². The van der Waals surface area contributed by atoms with Crippen molar-refractivity contribution >= 4 is 17.9 Å². The van der Waals surface area contributed by atoms with E-state index in [4.69, 9.17) is 0 Å². The van der Waals surface area contributed by atoms with Gasteiger partial charge in [0, 0.05) is 13.3 Å². The summed E-state index contributed by atoms with van der Waals surface area (Å²) in [4.78, 5) is 12.4. The Balaban J connectivity index is 3.10. The van der Waals surface area contributed by atoms with Crippen LogP contribution in [0.5, 0.6) is 0 Å². The second-order valence-electron chi connectivity index (χ2n) is 2.32. The molecule has 0 aliphatic heterocycles. The number of rotatable bonds is 2. The summed E-state index contributed by atoms with van der Waals surface area (Å²) < 4.78 is 0. The Hall–Kier alpha value is -1.45. The number of aryl methyl sites for hydroxylation is 1. The van der Waals surface area contributed by atoms with E-state index in [0.717, 1.165) is 5.69 Å². The smallest absolute Gasteiger partial charge is 0.195 e. The molecule has 12 heavy (non-hydrogen) atoms. The molecule has 0 bridgehead atoms. The largest absolute Gasteiger partial charge is 0.370 e. The van der Waals surface area contributed by atoms with Crippen LogP contribution in [0.3, 0.4) is 0 Å². The van der Waals surface area contributed by atoms with Gasteiger partial charge in [-0.3, -0.25) is 0 Å². The highest BCUT2D eigenvalue weighted by molar-refractivity contribution is 5.65. The molecule has 4 heteroatoms. The van der Waals surface area contributed by atoms with Crippen LogP contribution in [0, 0.1) is 6.92 Å². The molecule has 0 saturated carbocycles. The van der Waals surface area contributed by atoms with Gasteiger partial charge in [0.05, 0.1) is 11.9 Å². The Morgan fingerprint density at radius 2 is 2.33 bits per heavy atom. The Labute approximate surface area is 71.8 Å². The summed E-state index contributed by atoms with van der Waals surface area (Å²) in [6.45, 7) is 3.74. The van der Waals surface area contributed by atoms with Crippen molar-refractivity contribution in [2.75, 3.05) is 12.4 Å². The van der Waals surface area contributed by atoms with E-state index in [1.807, 2.05) is 13.8 Å². The molecule has 1 N–H and O–H groups in total. The van der Waals surface area contributed by atoms with Gasteiger partial charge in [-0.1, -0.05) is 0 Å². The molecule has 0 aliphatic carbocycles. The van der Waals surface area contributed by atoms with Gasteiger partial charge in [0.2, 0.25) is 0 Å². The maximum atomic E-state index is 4.22. The van der Waals surface area contributed by atoms with Gasteiger partial charge >= 0.3 is 0 Å². The Bertz CT molecular complexity index is 293. The summed E-state index contributed by atoms with van der Waals surface area (Å²) in [5.74, 6) is 1.35. The van der Waals surface area contributed by atoms with Crippen LogP contribution in [-0.2, 0) is 0 Å². The molecule has 0 amide bonds. The number of aromatic nitrogens is 2. The lowest BCUT2D eigenvalue weighted by atomic mass is 10.5. The van der Waals surface area contributed by atoms with Crippen LogP contribution in [0.25, 0.3) is 0 Å². The summed E-state index contributed by atoms with van der Waals surface area (Å²) in [6, 6.07) is 0. The molecule has 4 nitrogen and oxygen atoms in total. The maximum absolute atomic E-state index is 4.22. The molecule has 1 aromatic heterocycles. The first-order valence-electron chi connectivity index (χ1n) is 3.78. The average Bonchev–Trinajstić information content (AvgIpc) is 2.08. The van der Waals surface area contributed by atoms with E-state index >= 15 is 0 Å². The van der Waals surface area contributed by atoms with Crippen LogP contribution in [0.2, 0.25) is 0 Å². The van der Waals surface area contributed by atoms with Gasteiger partial charge in [0.1, 0.15) is 0 Å². The fraction of sp³-hybridized carbons (Fsp3) is 0.375. The van der Waals surface area contributed by atoms with Crippen LogP contribution in [-0.4, -0.2) is 23.2 Å². The highest BCUT2D eigenvalue weighted by Gasteiger charge is 2.00. The van der Waals surface area contributed by atoms with Gasteiger partial charge < -0.3 is 5.32 Å². The predicted molar refractivity (Wildman–Crippen MR) is 50.1 cm³/mol. The molecule has 0 aromatic carbocycles. The van der Waals surface area contributed by atoms with E-state index in [1.165, 1.54) is 0 Å². The average molecular weight is 164 g/mol. The van der Waals surface area contributed by atoms with Crippen LogP contribution in [0.15, 0.2) is 11.2 Å². The molecule has 0 atom stereocenters. The molecule has 0 fully saturated rings. The van der Waals surface area contributed by atoms with Crippen molar-refractivity contribution < 1.29 is 0 Å². The van der Waals surface area contributed by atoms with Gasteiger partial charge in [0.15, 0.2) is 11.6 Å². The van der Waals surface area contributed by atoms with E-state index in [0.29, 0.717) is 11.6 Å². The standard InChI is InChI=1S/C8H12N4/c1-4-10-8-7(9-3)12-6(2)5-11-8/h4-5H,1-3H3,(H,9,12). The molecule has 1 rings (SSSR count). The first-order valence-corrected chi connectivity index (χ1v) is 3.78. The van der Waals surface area contributed by atoms with E-state index < -0.39 is 0 Å². The zero-order chi connectivity index (χ0) is 8.97. The number of anilines is 1. The maximum Gasteiger partial charge on any atom is 0.195 e. The summed E-state index contributed by atoms with van der Waals surface area (Å²) >= 11 is 0. The van der Waals surface area contributed by atoms with Crippen LogP contribution < -0.4 is 5.32 Å². The molecule has 0 aliphatic rings. The van der Waals surface area contributed by atoms with Crippen molar-refractivity contribution in [1.82, 2.24) is 9.97 Å². The van der Waals surface area contributed by atoms with Crippen molar-refractivity contribution in [3.05, 3.63) is 11.9 Å². The fourth-order valence-electron chi connectivity index (χ4n) is 0.855. The van der Waals surface area contributed by atoms with E-state index in [2.05, 4.69) is 20.3 Å². The normalized spacial score (nSPS) is 10.6. The third-order valence-electron chi connectivity index (χ3n) is 1.36. The first-order chi connectivity index (χ1) is 5.77. The lowest BCUT2D eigenvalue weighted by molar-refractivity contribution is 1.10. The lowest BCUT2D eigenvalue weighted by Crippen LogP contribution is -1.96. The van der Waals surface area contributed by atoms with Gasteiger partial charge in [-0.15, -0.1) is 0 Å². The minimum absolute atomic E-state index is 0.630. The van der Waals surface area contributed by atoms with Crippen LogP contribution in [0.4, 0.5) is 11.6 Å². The molecule has 1 heterocycles. The lowest BCUT2D eigenvalue weighted by Gasteiger charge is -2.02. The minimum atomic E-state index is 0.630. The van der Waals surface area contributed by atoms with Gasteiger partial charge in [-0.05, 0) is 13.8 Å². The number of hydrogen-bond acceptors (Lipinski definition) is 4. The third-order valence-corrected chi connectivity index (χ3v) is 1.36. The molecule has 0 spiro atoms. The van der Waals surface area contributed by atoms with Gasteiger partial charge in [0.25, 0.3) is 0 Å². The number of hydrogen-bond donors (Lipinski definition) is 1. The van der Waals surface area contributed by atoms with Gasteiger partial charge in [-0.25, -0.2) is 15.0 Å². The predicted octanol–water partition coefficient (Wildman–Crippen LogP) is 1.55. The van der Waals surface area contributed by atoms with Crippen molar-refractivity contribution in [2.45, 2.75) is 13.8 Å². The van der Waals surface area contributed by atoms with Crippen molar-refractivity contribution in [1.29, 1.82) is 0 Å². The molecular formula is C8H12N4. The second-order valence-corrected chi connectivity index (χ2v) is 2.32. The number of nitrogens with zero attached hydrogens (tertiary/aromatic N) is 3. The quantitative estimate of drug-likeness (QED) is 0.674. The summed E-state index contributed by atoms with van der Waals surface area (Å²) in [5, 5.41) is 2.93. The highest BCUT2D eigenvalue weighted by atomic mass is 15.1. The summed E-state index contributed by atoms with van der Waals surface area (Å²) in [7, 11) is 1.80. The molecule has 0 saturated heterocycles. The first kappa shape index (κ1) is 8.64. The molecule has 0 unspecified atom stereocenters. The minimum Gasteiger partial charge on any atom is -0.370 e. The van der Waals surface area contributed by atoms with Crippen molar-refractivity contribution in [2.24, 2.45) is 4.99 Å². The zero-order valence-electron chi connectivity index (χ0n) is 7.50. The van der Waals surface area contributed by atoms with E-state index in [-0.39, 0.29) is 0 Å². The monoisotopic (exact) mass is 164 g/mol. The van der Waals surface area contributed by atoms with Crippen LogP contribution in [0.1, 0.15) is 12.6 Å². The second kappa shape index (κ2) is 3.80. The molecule has 1 aromatic rings. The Morgan fingerprint density at radius 3 is 2.92 bits per heavy atom. The SMILES string of the molecule is CC=Nc1ncc(C)nc1NC.